The molecular formula is C71H122O16P2. The van der Waals surface area contributed by atoms with Crippen LogP contribution >= 0.6 is 15.6 Å². The van der Waals surface area contributed by atoms with Crippen molar-refractivity contribution in [3.8, 4) is 0 Å². The van der Waals surface area contributed by atoms with E-state index in [4.69, 9.17) is 32.3 Å². The molecule has 0 saturated heterocycles. The molecule has 0 bridgehead atoms. The minimum absolute atomic E-state index is 0.0903. The molecule has 4 N–H and O–H groups in total. The number of allylic oxidation sites excluding steroid dienone is 18. The van der Waals surface area contributed by atoms with Crippen LogP contribution in [-0.2, 0) is 55.8 Å². The highest BCUT2D eigenvalue weighted by Crippen LogP contribution is 2.45. The van der Waals surface area contributed by atoms with Crippen LogP contribution in [0, 0.1) is 0 Å². The van der Waals surface area contributed by atoms with E-state index in [1.54, 1.807) is 0 Å². The Morgan fingerprint density at radius 3 is 0.989 bits per heavy atom. The summed E-state index contributed by atoms with van der Waals surface area (Å²) >= 11 is 0. The molecule has 0 aromatic carbocycles. The maximum atomic E-state index is 12.8. The van der Waals surface area contributed by atoms with E-state index < -0.39 is 91.5 Å². The van der Waals surface area contributed by atoms with Gasteiger partial charge in [0.25, 0.3) is 0 Å². The number of carbonyl (C=O) groups excluding carboxylic acids is 3. The van der Waals surface area contributed by atoms with Gasteiger partial charge in [0.2, 0.25) is 0 Å². The van der Waals surface area contributed by atoms with Gasteiger partial charge in [-0.05, 0) is 122 Å². The summed E-state index contributed by atoms with van der Waals surface area (Å²) < 4.78 is 60.7. The molecule has 0 saturated carbocycles. The molecule has 0 aliphatic carbocycles. The van der Waals surface area contributed by atoms with Gasteiger partial charge >= 0.3 is 33.6 Å². The van der Waals surface area contributed by atoms with E-state index >= 15 is 0 Å². The van der Waals surface area contributed by atoms with Crippen molar-refractivity contribution in [2.45, 2.75) is 283 Å². The van der Waals surface area contributed by atoms with Crippen molar-refractivity contribution in [2.24, 2.45) is 0 Å². The van der Waals surface area contributed by atoms with E-state index in [-0.39, 0.29) is 19.3 Å². The molecule has 0 aliphatic heterocycles. The number of hydrogen-bond acceptors (Lipinski definition) is 14. The maximum Gasteiger partial charge on any atom is 0.472 e. The standard InChI is InChI=1S/C71H122O16P2/c1-4-7-10-13-16-19-22-24-26-27-28-29-30-31-32-33-34-35-36-37-39-41-43-45-48-51-54-57-69(74)81-60-66(72)61-83-88(77,78)84-62-67(73)63-85-89(79,80)86-65-68(87-71(76)59-56-53-50-47-42-21-18-15-12-9-6-3)64-82-70(75)58-55-52-49-46-44-40-38-25-23-20-17-14-11-8-5-2/h7,10,15-20,24-26,28-29,31-32,34-35,38,66-68,72-73H,4-6,8-9,11-14,21-23,27,30,33,36-37,39-65H2,1-3H3,(H,77,78)(H,79,80)/b10-7-,18-15-,19-16-,20-17-,26-24-,29-28-,32-31-,35-34-,38-25-. The van der Waals surface area contributed by atoms with Crippen molar-refractivity contribution in [2.75, 3.05) is 39.6 Å². The third kappa shape index (κ3) is 65.5. The molecule has 0 aliphatic rings. The Hall–Kier alpha value is -3.79. The predicted octanol–water partition coefficient (Wildman–Crippen LogP) is 18.9. The van der Waals surface area contributed by atoms with Crippen molar-refractivity contribution in [1.29, 1.82) is 0 Å². The lowest BCUT2D eigenvalue weighted by molar-refractivity contribution is -0.161. The number of phosphoric acid groups is 2. The number of carbonyl (C=O) groups is 3. The highest BCUT2D eigenvalue weighted by Gasteiger charge is 2.29. The summed E-state index contributed by atoms with van der Waals surface area (Å²) in [4.78, 5) is 58.2. The minimum Gasteiger partial charge on any atom is -0.463 e. The summed E-state index contributed by atoms with van der Waals surface area (Å²) in [5.74, 6) is -1.61. The normalized spacial score (nSPS) is 14.9. The summed E-state index contributed by atoms with van der Waals surface area (Å²) in [7, 11) is -9.78. The lowest BCUT2D eigenvalue weighted by Crippen LogP contribution is -2.30. The number of phosphoric ester groups is 2. The van der Waals surface area contributed by atoms with Crippen LogP contribution in [0.5, 0.6) is 0 Å². The first-order valence-corrected chi connectivity index (χ1v) is 37.2. The second-order valence-corrected chi connectivity index (χ2v) is 25.5. The highest BCUT2D eigenvalue weighted by atomic mass is 31.2. The molecule has 512 valence electrons. The summed E-state index contributed by atoms with van der Waals surface area (Å²) in [6.45, 7) is 2.44. The van der Waals surface area contributed by atoms with Crippen molar-refractivity contribution in [3.63, 3.8) is 0 Å². The second-order valence-electron chi connectivity index (χ2n) is 22.6. The van der Waals surface area contributed by atoms with Crippen LogP contribution in [0.15, 0.2) is 109 Å². The van der Waals surface area contributed by atoms with Gasteiger partial charge in [-0.15, -0.1) is 0 Å². The number of unbranched alkanes of at least 4 members (excludes halogenated alkanes) is 23. The predicted molar refractivity (Wildman–Crippen MR) is 362 cm³/mol. The number of rotatable bonds is 64. The molecule has 18 heteroatoms. The van der Waals surface area contributed by atoms with Crippen molar-refractivity contribution in [3.05, 3.63) is 109 Å². The number of hydrogen-bond donors (Lipinski definition) is 4. The van der Waals surface area contributed by atoms with Crippen LogP contribution in [0.4, 0.5) is 0 Å². The average molecular weight is 1290 g/mol. The minimum atomic E-state index is -4.92. The SMILES string of the molecule is CC/C=C\C/C=C\C/C=C\C/C=C\C/C=C\C/C=C\CCCCCCCCCCC(=O)OCC(O)COP(=O)(O)OCC(O)COP(=O)(O)OCC(COC(=O)CCCCCCC/C=C\C/C=C\CCCCC)OC(=O)CCCCCCC/C=C\CCCC. The second kappa shape index (κ2) is 64.3. The number of esters is 3. The molecule has 0 aromatic heterocycles. The van der Waals surface area contributed by atoms with Gasteiger partial charge in [0, 0.05) is 19.3 Å². The molecule has 0 aromatic rings. The lowest BCUT2D eigenvalue weighted by Gasteiger charge is -2.21. The highest BCUT2D eigenvalue weighted by molar-refractivity contribution is 7.47. The Kier molecular flexibility index (Phi) is 61.6. The Balaban J connectivity index is 4.49. The fraction of sp³-hybridized carbons (Fsp3) is 0.704. The largest absolute Gasteiger partial charge is 0.472 e. The van der Waals surface area contributed by atoms with Gasteiger partial charge in [0.05, 0.1) is 26.4 Å². The zero-order chi connectivity index (χ0) is 65.3. The fourth-order valence-electron chi connectivity index (χ4n) is 8.70. The van der Waals surface area contributed by atoms with E-state index in [9.17, 15) is 43.5 Å². The Labute approximate surface area is 539 Å². The third-order valence-corrected chi connectivity index (χ3v) is 15.9. The quantitative estimate of drug-likeness (QED) is 0.0146. The maximum absolute atomic E-state index is 12.8. The van der Waals surface area contributed by atoms with E-state index in [0.29, 0.717) is 19.3 Å². The van der Waals surface area contributed by atoms with E-state index in [0.717, 1.165) is 154 Å². The molecule has 0 heterocycles. The smallest absolute Gasteiger partial charge is 0.463 e. The number of ether oxygens (including phenoxy) is 3. The zero-order valence-corrected chi connectivity index (χ0v) is 57.1. The van der Waals surface area contributed by atoms with Crippen LogP contribution in [-0.4, -0.2) is 95.9 Å². The molecule has 89 heavy (non-hydrogen) atoms. The molecule has 0 amide bonds. The first-order chi connectivity index (χ1) is 43.2. The van der Waals surface area contributed by atoms with Crippen molar-refractivity contribution in [1.82, 2.24) is 0 Å². The van der Waals surface area contributed by atoms with Crippen LogP contribution in [0.2, 0.25) is 0 Å². The summed E-state index contributed by atoms with van der Waals surface area (Å²) in [5, 5.41) is 20.5. The van der Waals surface area contributed by atoms with Crippen molar-refractivity contribution >= 4 is 33.6 Å². The van der Waals surface area contributed by atoms with Crippen LogP contribution in [0.25, 0.3) is 0 Å². The van der Waals surface area contributed by atoms with Gasteiger partial charge in [-0.1, -0.05) is 233 Å². The molecule has 0 rings (SSSR count). The van der Waals surface area contributed by atoms with Gasteiger partial charge in [0.1, 0.15) is 25.4 Å². The van der Waals surface area contributed by atoms with Crippen LogP contribution < -0.4 is 0 Å². The monoisotopic (exact) mass is 1290 g/mol. The third-order valence-electron chi connectivity index (χ3n) is 14.0. The first kappa shape index (κ1) is 85.2. The van der Waals surface area contributed by atoms with E-state index in [1.807, 2.05) is 0 Å². The van der Waals surface area contributed by atoms with E-state index in [2.05, 4.69) is 130 Å². The molecule has 0 spiro atoms. The van der Waals surface area contributed by atoms with Gasteiger partial charge in [0.15, 0.2) is 6.10 Å². The topological polar surface area (TPSA) is 231 Å². The summed E-state index contributed by atoms with van der Waals surface area (Å²) in [5.41, 5.74) is 0. The Bertz CT molecular complexity index is 2060. The fourth-order valence-corrected chi connectivity index (χ4v) is 10.3. The number of aliphatic hydroxyl groups is 2. The first-order valence-electron chi connectivity index (χ1n) is 34.2. The van der Waals surface area contributed by atoms with Gasteiger partial charge in [-0.3, -0.25) is 32.5 Å². The average Bonchev–Trinajstić information content (AvgIpc) is 3.56. The lowest BCUT2D eigenvalue weighted by atomic mass is 10.1. The molecular weight excluding hydrogens is 1170 g/mol. The molecule has 5 unspecified atom stereocenters. The summed E-state index contributed by atoms with van der Waals surface area (Å²) in [6, 6.07) is 0. The van der Waals surface area contributed by atoms with Gasteiger partial charge in [-0.2, -0.15) is 0 Å². The molecule has 16 nitrogen and oxygen atoms in total. The molecule has 0 fully saturated rings. The Morgan fingerprint density at radius 1 is 0.326 bits per heavy atom. The zero-order valence-electron chi connectivity index (χ0n) is 55.3. The van der Waals surface area contributed by atoms with Crippen molar-refractivity contribution < 1.29 is 75.8 Å². The van der Waals surface area contributed by atoms with Gasteiger partial charge < -0.3 is 34.2 Å². The van der Waals surface area contributed by atoms with Crippen LogP contribution in [0.1, 0.15) is 265 Å². The molecule has 5 atom stereocenters. The molecule has 0 radical (unpaired) electrons. The number of aliphatic hydroxyl groups excluding tert-OH is 2. The van der Waals surface area contributed by atoms with E-state index in [1.165, 1.54) is 51.4 Å². The Morgan fingerprint density at radius 2 is 0.607 bits per heavy atom. The van der Waals surface area contributed by atoms with Crippen LogP contribution in [0.3, 0.4) is 0 Å². The van der Waals surface area contributed by atoms with Gasteiger partial charge in [-0.25, -0.2) is 9.13 Å². The summed E-state index contributed by atoms with van der Waals surface area (Å²) in [6.07, 6.45) is 71.6.